The van der Waals surface area contributed by atoms with Gasteiger partial charge in [-0.1, -0.05) is 79.4 Å². The van der Waals surface area contributed by atoms with E-state index in [0.717, 1.165) is 29.4 Å². The minimum Gasteiger partial charge on any atom is -0.352 e. The average Bonchev–Trinajstić information content (AvgIpc) is 3.25. The molecule has 1 aliphatic rings. The van der Waals surface area contributed by atoms with E-state index < -0.39 is 0 Å². The van der Waals surface area contributed by atoms with Crippen LogP contribution in [0, 0.1) is 6.92 Å². The Morgan fingerprint density at radius 1 is 1.03 bits per heavy atom. The van der Waals surface area contributed by atoms with Gasteiger partial charge in [0.2, 0.25) is 11.0 Å². The van der Waals surface area contributed by atoms with E-state index in [4.69, 9.17) is 4.98 Å². The van der Waals surface area contributed by atoms with Crippen molar-refractivity contribution in [2.24, 2.45) is 0 Å². The van der Waals surface area contributed by atoms with Gasteiger partial charge >= 0.3 is 0 Å². The van der Waals surface area contributed by atoms with Gasteiger partial charge in [-0.2, -0.15) is 4.37 Å². The smallest absolute Gasteiger partial charge is 0.239 e. The molecule has 1 N–H and O–H groups in total. The maximum absolute atomic E-state index is 12.8. The molecule has 1 saturated carbocycles. The van der Waals surface area contributed by atoms with Crippen LogP contribution < -0.4 is 10.2 Å². The predicted octanol–water partition coefficient (Wildman–Crippen LogP) is 4.89. The molecule has 0 bridgehead atoms. The van der Waals surface area contributed by atoms with Gasteiger partial charge in [-0.05, 0) is 30.9 Å². The van der Waals surface area contributed by atoms with Crippen LogP contribution in [0.25, 0.3) is 0 Å². The molecule has 3 aromatic rings. The predicted molar refractivity (Wildman–Crippen MR) is 126 cm³/mol. The molecule has 1 heterocycles. The molecule has 1 fully saturated rings. The van der Waals surface area contributed by atoms with E-state index >= 15 is 0 Å². The summed E-state index contributed by atoms with van der Waals surface area (Å²) in [5, 5.41) is 4.03. The highest BCUT2D eigenvalue weighted by atomic mass is 32.1. The van der Waals surface area contributed by atoms with Crippen molar-refractivity contribution in [1.29, 1.82) is 0 Å². The molecule has 4 rings (SSSR count). The number of carbonyl (C=O) groups excluding carboxylic acids is 1. The minimum absolute atomic E-state index is 0.0677. The molecule has 0 saturated heterocycles. The number of aromatic nitrogens is 2. The molecule has 1 amide bonds. The van der Waals surface area contributed by atoms with Crippen LogP contribution >= 0.6 is 11.5 Å². The fourth-order valence-corrected chi connectivity index (χ4v) is 4.71. The largest absolute Gasteiger partial charge is 0.352 e. The number of carbonyl (C=O) groups is 1. The second-order valence-corrected chi connectivity index (χ2v) is 9.13. The lowest BCUT2D eigenvalue weighted by atomic mass is 9.95. The Morgan fingerprint density at radius 3 is 2.52 bits per heavy atom. The number of anilines is 1. The van der Waals surface area contributed by atoms with Crippen molar-refractivity contribution in [3.05, 3.63) is 77.1 Å². The van der Waals surface area contributed by atoms with Crippen LogP contribution in [0.4, 0.5) is 5.13 Å². The monoisotopic (exact) mass is 434 g/mol. The molecule has 31 heavy (non-hydrogen) atoms. The molecular formula is C25H30N4OS. The Bertz CT molecular complexity index is 965. The van der Waals surface area contributed by atoms with Gasteiger partial charge < -0.3 is 10.2 Å². The molecule has 1 aromatic heterocycles. The maximum Gasteiger partial charge on any atom is 0.239 e. The third-order valence-electron chi connectivity index (χ3n) is 5.73. The molecule has 0 atom stereocenters. The lowest BCUT2D eigenvalue weighted by molar-refractivity contribution is -0.120. The van der Waals surface area contributed by atoms with E-state index in [9.17, 15) is 4.79 Å². The van der Waals surface area contributed by atoms with E-state index in [-0.39, 0.29) is 5.91 Å². The van der Waals surface area contributed by atoms with Crippen LogP contribution in [0.15, 0.2) is 54.6 Å². The van der Waals surface area contributed by atoms with Crippen molar-refractivity contribution in [3.8, 4) is 0 Å². The lowest BCUT2D eigenvalue weighted by Gasteiger charge is -2.25. The van der Waals surface area contributed by atoms with Crippen molar-refractivity contribution < 1.29 is 4.79 Å². The zero-order chi connectivity index (χ0) is 21.5. The van der Waals surface area contributed by atoms with E-state index in [1.807, 2.05) is 23.1 Å². The van der Waals surface area contributed by atoms with Crippen molar-refractivity contribution >= 4 is 22.6 Å². The van der Waals surface area contributed by atoms with E-state index in [0.29, 0.717) is 25.6 Å². The first kappa shape index (κ1) is 21.5. The quantitative estimate of drug-likeness (QED) is 0.548. The number of nitrogens with one attached hydrogen (secondary N) is 1. The summed E-state index contributed by atoms with van der Waals surface area (Å²) >= 11 is 1.37. The van der Waals surface area contributed by atoms with Crippen molar-refractivity contribution in [1.82, 2.24) is 14.7 Å². The Morgan fingerprint density at radius 2 is 1.77 bits per heavy atom. The lowest BCUT2D eigenvalue weighted by Crippen LogP contribution is -2.42. The van der Waals surface area contributed by atoms with Crippen LogP contribution in [0.3, 0.4) is 0 Å². The standard InChI is InChI=1S/C25H30N4OS/c1-19-12-14-20(15-13-19)16-23-27-25(31-28-23)29(17-21-8-4-2-5-9-21)18-24(30)26-22-10-6-3-7-11-22/h2,4-5,8-9,12-15,22H,3,6-7,10-11,16-18H2,1H3,(H,26,30). The first-order chi connectivity index (χ1) is 15.2. The molecule has 6 heteroatoms. The maximum atomic E-state index is 12.8. The SMILES string of the molecule is Cc1ccc(Cc2nsc(N(CC(=O)NC3CCCCC3)Cc3ccccc3)n2)cc1. The molecule has 1 aliphatic carbocycles. The Balaban J connectivity index is 1.46. The Kier molecular flexibility index (Phi) is 7.30. The Labute approximate surface area is 188 Å². The van der Waals surface area contributed by atoms with Gasteiger partial charge in [0.05, 0.1) is 6.54 Å². The van der Waals surface area contributed by atoms with E-state index in [1.165, 1.54) is 41.9 Å². The van der Waals surface area contributed by atoms with Crippen LogP contribution in [-0.2, 0) is 17.8 Å². The highest BCUT2D eigenvalue weighted by molar-refractivity contribution is 7.09. The molecule has 0 spiro atoms. The molecular weight excluding hydrogens is 404 g/mol. The fraction of sp³-hybridized carbons (Fsp3) is 0.400. The number of rotatable bonds is 8. The second kappa shape index (κ2) is 10.5. The summed E-state index contributed by atoms with van der Waals surface area (Å²) in [7, 11) is 0. The number of benzene rings is 2. The summed E-state index contributed by atoms with van der Waals surface area (Å²) in [6.45, 7) is 3.02. The average molecular weight is 435 g/mol. The van der Waals surface area contributed by atoms with Gasteiger partial charge in [-0.15, -0.1) is 0 Å². The topological polar surface area (TPSA) is 58.1 Å². The van der Waals surface area contributed by atoms with Gasteiger partial charge in [0.15, 0.2) is 0 Å². The van der Waals surface area contributed by atoms with Crippen molar-refractivity contribution in [2.75, 3.05) is 11.4 Å². The number of aryl methyl sites for hydroxylation is 1. The van der Waals surface area contributed by atoms with Gasteiger partial charge in [-0.25, -0.2) is 4.98 Å². The highest BCUT2D eigenvalue weighted by Crippen LogP contribution is 2.22. The third-order valence-corrected chi connectivity index (χ3v) is 6.55. The van der Waals surface area contributed by atoms with E-state index in [1.54, 1.807) is 0 Å². The zero-order valence-electron chi connectivity index (χ0n) is 18.1. The number of nitrogens with zero attached hydrogens (tertiary/aromatic N) is 3. The van der Waals surface area contributed by atoms with Gasteiger partial charge in [0, 0.05) is 30.5 Å². The molecule has 2 aromatic carbocycles. The fourth-order valence-electron chi connectivity index (χ4n) is 4.02. The molecule has 0 unspecified atom stereocenters. The van der Waals surface area contributed by atoms with Crippen LogP contribution in [-0.4, -0.2) is 27.9 Å². The normalized spacial score (nSPS) is 14.4. The van der Waals surface area contributed by atoms with Crippen LogP contribution in [0.2, 0.25) is 0 Å². The Hall–Kier alpha value is -2.73. The molecule has 162 valence electrons. The minimum atomic E-state index is 0.0677. The summed E-state index contributed by atoms with van der Waals surface area (Å²) in [6.07, 6.45) is 6.56. The third kappa shape index (κ3) is 6.37. The van der Waals surface area contributed by atoms with Gasteiger partial charge in [0.1, 0.15) is 5.82 Å². The number of amides is 1. The first-order valence-corrected chi connectivity index (χ1v) is 11.9. The molecule has 0 aliphatic heterocycles. The zero-order valence-corrected chi connectivity index (χ0v) is 18.9. The van der Waals surface area contributed by atoms with Crippen molar-refractivity contribution in [2.45, 2.75) is 58.0 Å². The number of hydrogen-bond acceptors (Lipinski definition) is 5. The summed E-state index contributed by atoms with van der Waals surface area (Å²) < 4.78 is 4.58. The van der Waals surface area contributed by atoms with Crippen LogP contribution in [0.5, 0.6) is 0 Å². The van der Waals surface area contributed by atoms with E-state index in [2.05, 4.69) is 53.0 Å². The van der Waals surface area contributed by atoms with Crippen molar-refractivity contribution in [3.63, 3.8) is 0 Å². The second-order valence-electron chi connectivity index (χ2n) is 8.40. The van der Waals surface area contributed by atoms with Gasteiger partial charge in [-0.3, -0.25) is 4.79 Å². The summed E-state index contributed by atoms with van der Waals surface area (Å²) in [6, 6.07) is 19.0. The summed E-state index contributed by atoms with van der Waals surface area (Å²) in [4.78, 5) is 19.6. The first-order valence-electron chi connectivity index (χ1n) is 11.1. The highest BCUT2D eigenvalue weighted by Gasteiger charge is 2.20. The number of hydrogen-bond donors (Lipinski definition) is 1. The molecule has 5 nitrogen and oxygen atoms in total. The summed E-state index contributed by atoms with van der Waals surface area (Å²) in [5.74, 6) is 0.868. The van der Waals surface area contributed by atoms with Gasteiger partial charge in [0.25, 0.3) is 0 Å². The summed E-state index contributed by atoms with van der Waals surface area (Å²) in [5.41, 5.74) is 3.59. The van der Waals surface area contributed by atoms with Crippen LogP contribution in [0.1, 0.15) is 54.6 Å². The molecule has 0 radical (unpaired) electrons.